The van der Waals surface area contributed by atoms with Gasteiger partial charge in [0.1, 0.15) is 5.75 Å². The summed E-state index contributed by atoms with van der Waals surface area (Å²) in [4.78, 5) is 26.4. The van der Waals surface area contributed by atoms with Crippen LogP contribution in [0.25, 0.3) is 0 Å². The maximum atomic E-state index is 12.4. The standard InChI is InChI=1S/C19H18BrClN2O3/c20-14-6-7-17(16(21)11-14)26-12-18(24)22-15-5-3-4-13(10-15)19(25)23-8-1-2-9-23/h3-7,10-11H,1-2,8-9,12H2,(H,22,24). The van der Waals surface area contributed by atoms with Gasteiger partial charge in [0.15, 0.2) is 6.61 Å². The molecule has 2 aromatic rings. The molecule has 0 saturated carbocycles. The molecule has 7 heteroatoms. The Bertz CT molecular complexity index is 822. The number of halogens is 2. The summed E-state index contributed by atoms with van der Waals surface area (Å²) in [5, 5.41) is 3.16. The molecule has 1 aliphatic rings. The van der Waals surface area contributed by atoms with Gasteiger partial charge in [0.05, 0.1) is 5.02 Å². The number of nitrogens with one attached hydrogen (secondary N) is 1. The molecule has 0 radical (unpaired) electrons. The second kappa shape index (κ2) is 8.56. The van der Waals surface area contributed by atoms with Crippen LogP contribution in [-0.4, -0.2) is 36.4 Å². The Kier molecular flexibility index (Phi) is 6.16. The first kappa shape index (κ1) is 18.7. The summed E-state index contributed by atoms with van der Waals surface area (Å²) in [5.74, 6) is 0.106. The van der Waals surface area contributed by atoms with E-state index < -0.39 is 0 Å². The number of rotatable bonds is 5. The second-order valence-electron chi connectivity index (χ2n) is 5.99. The molecular weight excluding hydrogens is 420 g/mol. The van der Waals surface area contributed by atoms with Crippen molar-refractivity contribution in [2.45, 2.75) is 12.8 Å². The molecule has 2 amide bonds. The van der Waals surface area contributed by atoms with Crippen LogP contribution in [0.3, 0.4) is 0 Å². The molecule has 26 heavy (non-hydrogen) atoms. The number of anilines is 1. The predicted octanol–water partition coefficient (Wildman–Crippen LogP) is 4.36. The Morgan fingerprint density at radius 1 is 1.15 bits per heavy atom. The molecule has 1 saturated heterocycles. The fourth-order valence-corrected chi connectivity index (χ4v) is 3.49. The largest absolute Gasteiger partial charge is 0.482 e. The van der Waals surface area contributed by atoms with Crippen LogP contribution < -0.4 is 10.1 Å². The lowest BCUT2D eigenvalue weighted by Crippen LogP contribution is -2.27. The van der Waals surface area contributed by atoms with Crippen molar-refractivity contribution in [3.05, 3.63) is 57.5 Å². The summed E-state index contributed by atoms with van der Waals surface area (Å²) >= 11 is 9.38. The highest BCUT2D eigenvalue weighted by atomic mass is 79.9. The van der Waals surface area contributed by atoms with Crippen LogP contribution in [0.1, 0.15) is 23.2 Å². The first-order valence-electron chi connectivity index (χ1n) is 8.30. The minimum absolute atomic E-state index is 0.00325. The lowest BCUT2D eigenvalue weighted by Gasteiger charge is -2.16. The maximum absolute atomic E-state index is 12.4. The smallest absolute Gasteiger partial charge is 0.262 e. The van der Waals surface area contributed by atoms with Crippen molar-refractivity contribution in [3.8, 4) is 5.75 Å². The average Bonchev–Trinajstić information content (AvgIpc) is 3.15. The molecule has 1 heterocycles. The van der Waals surface area contributed by atoms with Gasteiger partial charge < -0.3 is 15.0 Å². The van der Waals surface area contributed by atoms with E-state index >= 15 is 0 Å². The summed E-state index contributed by atoms with van der Waals surface area (Å²) in [6.07, 6.45) is 2.08. The third-order valence-electron chi connectivity index (χ3n) is 4.04. The van der Waals surface area contributed by atoms with Gasteiger partial charge in [-0.3, -0.25) is 9.59 Å². The molecule has 3 rings (SSSR count). The van der Waals surface area contributed by atoms with Gasteiger partial charge in [-0.15, -0.1) is 0 Å². The quantitative estimate of drug-likeness (QED) is 0.756. The van der Waals surface area contributed by atoms with E-state index in [9.17, 15) is 9.59 Å². The van der Waals surface area contributed by atoms with E-state index in [4.69, 9.17) is 16.3 Å². The van der Waals surface area contributed by atoms with Gasteiger partial charge in [-0.1, -0.05) is 33.6 Å². The fourth-order valence-electron chi connectivity index (χ4n) is 2.77. The van der Waals surface area contributed by atoms with E-state index in [1.54, 1.807) is 42.5 Å². The number of benzene rings is 2. The first-order valence-corrected chi connectivity index (χ1v) is 9.47. The third-order valence-corrected chi connectivity index (χ3v) is 4.83. The van der Waals surface area contributed by atoms with Crippen LogP contribution in [0.15, 0.2) is 46.9 Å². The molecule has 2 aromatic carbocycles. The van der Waals surface area contributed by atoms with Crippen LogP contribution in [0.4, 0.5) is 5.69 Å². The van der Waals surface area contributed by atoms with E-state index in [1.807, 2.05) is 4.90 Å². The number of ether oxygens (including phenoxy) is 1. The van der Waals surface area contributed by atoms with Crippen LogP contribution in [-0.2, 0) is 4.79 Å². The van der Waals surface area contributed by atoms with Gasteiger partial charge in [-0.25, -0.2) is 0 Å². The fraction of sp³-hybridized carbons (Fsp3) is 0.263. The van der Waals surface area contributed by atoms with Crippen LogP contribution in [0, 0.1) is 0 Å². The molecule has 1 fully saturated rings. The third kappa shape index (κ3) is 4.77. The number of carbonyl (C=O) groups is 2. The van der Waals surface area contributed by atoms with E-state index in [2.05, 4.69) is 21.2 Å². The Morgan fingerprint density at radius 2 is 1.92 bits per heavy atom. The van der Waals surface area contributed by atoms with Crippen molar-refractivity contribution in [3.63, 3.8) is 0 Å². The highest BCUT2D eigenvalue weighted by Crippen LogP contribution is 2.27. The van der Waals surface area contributed by atoms with Gasteiger partial charge >= 0.3 is 0 Å². The van der Waals surface area contributed by atoms with Crippen molar-refractivity contribution < 1.29 is 14.3 Å². The minimum Gasteiger partial charge on any atom is -0.482 e. The maximum Gasteiger partial charge on any atom is 0.262 e. The highest BCUT2D eigenvalue weighted by molar-refractivity contribution is 9.10. The Hall–Kier alpha value is -2.05. The summed E-state index contributed by atoms with van der Waals surface area (Å²) in [6.45, 7) is 1.40. The van der Waals surface area contributed by atoms with Crippen molar-refractivity contribution in [2.75, 3.05) is 25.0 Å². The van der Waals surface area contributed by atoms with E-state index in [-0.39, 0.29) is 18.4 Å². The molecule has 5 nitrogen and oxygen atoms in total. The van der Waals surface area contributed by atoms with Gasteiger partial charge in [0.25, 0.3) is 11.8 Å². The monoisotopic (exact) mass is 436 g/mol. The Labute approximate surface area is 165 Å². The molecule has 136 valence electrons. The predicted molar refractivity (Wildman–Crippen MR) is 105 cm³/mol. The lowest BCUT2D eigenvalue weighted by molar-refractivity contribution is -0.118. The zero-order valence-corrected chi connectivity index (χ0v) is 16.3. The molecule has 1 N–H and O–H groups in total. The normalized spacial score (nSPS) is 13.5. The molecule has 0 bridgehead atoms. The molecule has 0 spiro atoms. The molecular formula is C19H18BrClN2O3. The molecule has 0 aromatic heterocycles. The SMILES string of the molecule is O=C(COc1ccc(Br)cc1Cl)Nc1cccc(C(=O)N2CCCC2)c1. The van der Waals surface area contributed by atoms with E-state index in [0.717, 1.165) is 30.4 Å². The number of amides is 2. The molecule has 0 unspecified atom stereocenters. The number of hydrogen-bond donors (Lipinski definition) is 1. The van der Waals surface area contributed by atoms with Crippen molar-refractivity contribution in [1.82, 2.24) is 4.90 Å². The number of nitrogens with zero attached hydrogens (tertiary/aromatic N) is 1. The second-order valence-corrected chi connectivity index (χ2v) is 7.31. The van der Waals surface area contributed by atoms with Gasteiger partial charge in [-0.2, -0.15) is 0 Å². The van der Waals surface area contributed by atoms with Crippen molar-refractivity contribution >= 4 is 45.0 Å². The zero-order chi connectivity index (χ0) is 18.5. The summed E-state index contributed by atoms with van der Waals surface area (Å²) in [7, 11) is 0. The number of carbonyl (C=O) groups excluding carboxylic acids is 2. The zero-order valence-electron chi connectivity index (χ0n) is 14.0. The average molecular weight is 438 g/mol. The summed E-state index contributed by atoms with van der Waals surface area (Å²) < 4.78 is 6.28. The van der Waals surface area contributed by atoms with Crippen LogP contribution in [0.5, 0.6) is 5.75 Å². The van der Waals surface area contributed by atoms with Gasteiger partial charge in [-0.05, 0) is 49.2 Å². The van der Waals surface area contributed by atoms with Crippen LogP contribution in [0.2, 0.25) is 5.02 Å². The minimum atomic E-state index is -0.324. The Balaban J connectivity index is 1.58. The topological polar surface area (TPSA) is 58.6 Å². The van der Waals surface area contributed by atoms with Crippen LogP contribution >= 0.6 is 27.5 Å². The van der Waals surface area contributed by atoms with Gasteiger partial charge in [0.2, 0.25) is 0 Å². The Morgan fingerprint density at radius 3 is 2.65 bits per heavy atom. The van der Waals surface area contributed by atoms with E-state index in [1.165, 1.54) is 0 Å². The molecule has 1 aliphatic heterocycles. The first-order chi connectivity index (χ1) is 12.5. The number of hydrogen-bond acceptors (Lipinski definition) is 3. The molecule has 0 aliphatic carbocycles. The summed E-state index contributed by atoms with van der Waals surface area (Å²) in [5.41, 5.74) is 1.13. The summed E-state index contributed by atoms with van der Waals surface area (Å²) in [6, 6.07) is 12.1. The highest BCUT2D eigenvalue weighted by Gasteiger charge is 2.19. The van der Waals surface area contributed by atoms with E-state index in [0.29, 0.717) is 22.0 Å². The van der Waals surface area contributed by atoms with Crippen molar-refractivity contribution in [2.24, 2.45) is 0 Å². The lowest BCUT2D eigenvalue weighted by atomic mass is 10.1. The van der Waals surface area contributed by atoms with Gasteiger partial charge in [0, 0.05) is 28.8 Å². The molecule has 0 atom stereocenters. The number of likely N-dealkylation sites (tertiary alicyclic amines) is 1. The van der Waals surface area contributed by atoms with Crippen molar-refractivity contribution in [1.29, 1.82) is 0 Å².